The van der Waals surface area contributed by atoms with Gasteiger partial charge in [-0.15, -0.1) is 11.3 Å². The molecule has 3 heterocycles. The number of nitrogens with one attached hydrogen (secondary N) is 2. The van der Waals surface area contributed by atoms with E-state index in [9.17, 15) is 9.59 Å². The van der Waals surface area contributed by atoms with Crippen LogP contribution in [0.2, 0.25) is 0 Å². The maximum absolute atomic E-state index is 12.0. The number of nitrogens with zero attached hydrogens (tertiary/aromatic N) is 3. The smallest absolute Gasteiger partial charge is 0.321 e. The van der Waals surface area contributed by atoms with E-state index in [-0.39, 0.29) is 12.5 Å². The van der Waals surface area contributed by atoms with E-state index in [1.165, 1.54) is 4.88 Å². The molecule has 2 aromatic heterocycles. The Morgan fingerprint density at radius 2 is 2.04 bits per heavy atom. The topological polar surface area (TPSA) is 90.7 Å². The zero-order valence-corrected chi connectivity index (χ0v) is 16.3. The predicted molar refractivity (Wildman–Crippen MR) is 103 cm³/mol. The fourth-order valence-corrected chi connectivity index (χ4v) is 3.70. The summed E-state index contributed by atoms with van der Waals surface area (Å²) in [5.41, 5.74) is 0.929. The second kappa shape index (κ2) is 9.63. The Bertz CT molecular complexity index is 738. The second-order valence-corrected chi connectivity index (χ2v) is 7.65. The molecule has 0 aliphatic carbocycles. The van der Waals surface area contributed by atoms with Crippen LogP contribution >= 0.6 is 11.3 Å². The molecule has 0 radical (unpaired) electrons. The molecular weight excluding hydrogens is 366 g/mol. The first kappa shape index (κ1) is 19.5. The van der Waals surface area contributed by atoms with E-state index in [0.717, 1.165) is 50.6 Å². The standard InChI is InChI=1S/C18H25N5O3S/c1-14-11-15(21-26-14)12-22-6-8-23(9-7-22)13-17(24)20-18(25)19-5-4-16-3-2-10-27-16/h2-3,10-11H,4-9,12-13H2,1H3,(H2,19,20,24,25). The van der Waals surface area contributed by atoms with Crippen molar-refractivity contribution in [2.45, 2.75) is 19.9 Å². The van der Waals surface area contributed by atoms with Crippen LogP contribution in [0.3, 0.4) is 0 Å². The number of thiophene rings is 1. The average molecular weight is 391 g/mol. The lowest BCUT2D eigenvalue weighted by Gasteiger charge is -2.33. The molecule has 146 valence electrons. The van der Waals surface area contributed by atoms with Crippen molar-refractivity contribution in [3.8, 4) is 0 Å². The van der Waals surface area contributed by atoms with Gasteiger partial charge in [0, 0.05) is 50.2 Å². The summed E-state index contributed by atoms with van der Waals surface area (Å²) >= 11 is 1.66. The van der Waals surface area contributed by atoms with Crippen molar-refractivity contribution >= 4 is 23.3 Å². The Balaban J connectivity index is 1.30. The summed E-state index contributed by atoms with van der Waals surface area (Å²) in [4.78, 5) is 29.4. The minimum atomic E-state index is -0.434. The first-order valence-corrected chi connectivity index (χ1v) is 9.93. The molecule has 0 spiro atoms. The number of hydrogen-bond donors (Lipinski definition) is 2. The first-order valence-electron chi connectivity index (χ1n) is 9.05. The molecule has 9 heteroatoms. The van der Waals surface area contributed by atoms with Crippen LogP contribution in [0.4, 0.5) is 4.79 Å². The third-order valence-corrected chi connectivity index (χ3v) is 5.32. The quantitative estimate of drug-likeness (QED) is 0.738. The van der Waals surface area contributed by atoms with Gasteiger partial charge in [-0.25, -0.2) is 4.79 Å². The van der Waals surface area contributed by atoms with Gasteiger partial charge in [0.2, 0.25) is 5.91 Å². The normalized spacial score (nSPS) is 15.6. The molecule has 27 heavy (non-hydrogen) atoms. The molecule has 3 rings (SSSR count). The molecular formula is C18H25N5O3S. The minimum absolute atomic E-state index is 0.231. The maximum atomic E-state index is 12.0. The number of aryl methyl sites for hydroxylation is 1. The van der Waals surface area contributed by atoms with Crippen LogP contribution in [0.1, 0.15) is 16.3 Å². The lowest BCUT2D eigenvalue weighted by Crippen LogP contribution is -2.50. The summed E-state index contributed by atoms with van der Waals surface area (Å²) in [5, 5.41) is 11.1. The van der Waals surface area contributed by atoms with Gasteiger partial charge in [0.1, 0.15) is 5.76 Å². The molecule has 0 unspecified atom stereocenters. The van der Waals surface area contributed by atoms with Gasteiger partial charge in [0.15, 0.2) is 0 Å². The van der Waals surface area contributed by atoms with Crippen molar-refractivity contribution in [2.24, 2.45) is 0 Å². The summed E-state index contributed by atoms with van der Waals surface area (Å²) in [6.07, 6.45) is 0.770. The van der Waals surface area contributed by atoms with Gasteiger partial charge >= 0.3 is 6.03 Å². The van der Waals surface area contributed by atoms with E-state index in [4.69, 9.17) is 4.52 Å². The molecule has 3 amide bonds. The van der Waals surface area contributed by atoms with Crippen LogP contribution < -0.4 is 10.6 Å². The highest BCUT2D eigenvalue weighted by Crippen LogP contribution is 2.09. The molecule has 0 atom stereocenters. The highest BCUT2D eigenvalue weighted by atomic mass is 32.1. The molecule has 2 aromatic rings. The van der Waals surface area contributed by atoms with E-state index in [1.807, 2.05) is 30.5 Å². The van der Waals surface area contributed by atoms with Crippen molar-refractivity contribution in [1.82, 2.24) is 25.6 Å². The van der Waals surface area contributed by atoms with E-state index in [2.05, 4.69) is 25.6 Å². The molecule has 0 aromatic carbocycles. The molecule has 2 N–H and O–H groups in total. The van der Waals surface area contributed by atoms with Gasteiger partial charge < -0.3 is 9.84 Å². The summed E-state index contributed by atoms with van der Waals surface area (Å²) in [6, 6.07) is 5.52. The van der Waals surface area contributed by atoms with Gasteiger partial charge in [-0.05, 0) is 24.8 Å². The van der Waals surface area contributed by atoms with Gasteiger partial charge in [-0.3, -0.25) is 19.9 Å². The van der Waals surface area contributed by atoms with Crippen LogP contribution in [0, 0.1) is 6.92 Å². The Hall–Kier alpha value is -2.23. The molecule has 0 bridgehead atoms. The number of carbonyl (C=O) groups excluding carboxylic acids is 2. The van der Waals surface area contributed by atoms with Crippen LogP contribution in [0.25, 0.3) is 0 Å². The SMILES string of the molecule is Cc1cc(CN2CCN(CC(=O)NC(=O)NCCc3cccs3)CC2)no1. The van der Waals surface area contributed by atoms with E-state index < -0.39 is 6.03 Å². The Morgan fingerprint density at radius 3 is 2.70 bits per heavy atom. The summed E-state index contributed by atoms with van der Waals surface area (Å²) < 4.78 is 5.09. The fraction of sp³-hybridized carbons (Fsp3) is 0.500. The summed E-state index contributed by atoms with van der Waals surface area (Å²) in [6.45, 7) is 6.65. The number of amides is 3. The number of piperazine rings is 1. The average Bonchev–Trinajstić information content (AvgIpc) is 3.28. The number of aromatic nitrogens is 1. The van der Waals surface area contributed by atoms with Gasteiger partial charge in [-0.2, -0.15) is 0 Å². The zero-order chi connectivity index (χ0) is 19.1. The van der Waals surface area contributed by atoms with Gasteiger partial charge in [-0.1, -0.05) is 11.2 Å². The lowest BCUT2D eigenvalue weighted by molar-refractivity contribution is -0.121. The maximum Gasteiger partial charge on any atom is 0.321 e. The van der Waals surface area contributed by atoms with Crippen LogP contribution in [0.15, 0.2) is 28.1 Å². The van der Waals surface area contributed by atoms with Crippen molar-refractivity contribution < 1.29 is 14.1 Å². The number of hydrogen-bond acceptors (Lipinski definition) is 7. The fourth-order valence-electron chi connectivity index (χ4n) is 2.99. The van der Waals surface area contributed by atoms with Crippen LogP contribution in [-0.4, -0.2) is 66.2 Å². The molecule has 1 saturated heterocycles. The molecule has 1 aliphatic rings. The second-order valence-electron chi connectivity index (χ2n) is 6.61. The Labute approximate surface area is 162 Å². The van der Waals surface area contributed by atoms with Crippen molar-refractivity contribution in [3.05, 3.63) is 39.9 Å². The van der Waals surface area contributed by atoms with Crippen molar-refractivity contribution in [2.75, 3.05) is 39.3 Å². The van der Waals surface area contributed by atoms with Gasteiger partial charge in [0.25, 0.3) is 0 Å². The summed E-state index contributed by atoms with van der Waals surface area (Å²) in [7, 11) is 0. The van der Waals surface area contributed by atoms with Crippen molar-refractivity contribution in [1.29, 1.82) is 0 Å². The number of rotatable bonds is 7. The van der Waals surface area contributed by atoms with Gasteiger partial charge in [0.05, 0.1) is 12.2 Å². The Kier molecular flexibility index (Phi) is 6.97. The zero-order valence-electron chi connectivity index (χ0n) is 15.4. The molecule has 1 aliphatic heterocycles. The third kappa shape index (κ3) is 6.46. The van der Waals surface area contributed by atoms with E-state index in [0.29, 0.717) is 6.54 Å². The highest BCUT2D eigenvalue weighted by molar-refractivity contribution is 7.09. The van der Waals surface area contributed by atoms with Crippen LogP contribution in [0.5, 0.6) is 0 Å². The van der Waals surface area contributed by atoms with Crippen LogP contribution in [-0.2, 0) is 17.8 Å². The summed E-state index contributed by atoms with van der Waals surface area (Å²) in [5.74, 6) is 0.540. The number of urea groups is 1. The largest absolute Gasteiger partial charge is 0.361 e. The first-order chi connectivity index (χ1) is 13.1. The number of carbonyl (C=O) groups is 2. The predicted octanol–water partition coefficient (Wildman–Crippen LogP) is 1.23. The highest BCUT2D eigenvalue weighted by Gasteiger charge is 2.20. The monoisotopic (exact) mass is 391 g/mol. The van der Waals surface area contributed by atoms with E-state index in [1.54, 1.807) is 11.3 Å². The lowest BCUT2D eigenvalue weighted by atomic mass is 10.2. The van der Waals surface area contributed by atoms with E-state index >= 15 is 0 Å². The third-order valence-electron chi connectivity index (χ3n) is 4.38. The molecule has 1 fully saturated rings. The van der Waals surface area contributed by atoms with Crippen molar-refractivity contribution in [3.63, 3.8) is 0 Å². The molecule has 8 nitrogen and oxygen atoms in total. The minimum Gasteiger partial charge on any atom is -0.361 e. The molecule has 0 saturated carbocycles. The number of imide groups is 1. The Morgan fingerprint density at radius 1 is 1.26 bits per heavy atom.